The Kier molecular flexibility index (Phi) is 13.2. The van der Waals surface area contributed by atoms with Crippen molar-refractivity contribution in [2.75, 3.05) is 0 Å². The van der Waals surface area contributed by atoms with Crippen LogP contribution in [-0.4, -0.2) is 37.1 Å². The fourth-order valence-electron chi connectivity index (χ4n) is 5.52. The van der Waals surface area contributed by atoms with Gasteiger partial charge in [-0.1, -0.05) is 66.9 Å². The molecule has 0 radical (unpaired) electrons. The van der Waals surface area contributed by atoms with E-state index in [1.807, 2.05) is 37.3 Å². The SMILES string of the molecule is CCC(C)NS(=O)(=O)c1ccc(N=Nc2[c-]cc3cc(S(=O)[O-])cc(N=Nc4ccc(Cc5ccccc5)c5c(S(=O)[O-])cccc45)c3c2O)cc1.[Na+]. The number of azo groups is 2. The van der Waals surface area contributed by atoms with Crippen molar-refractivity contribution in [3.8, 4) is 5.75 Å². The van der Waals surface area contributed by atoms with Gasteiger partial charge in [-0.05, 0) is 95.5 Å². The summed E-state index contributed by atoms with van der Waals surface area (Å²) in [5.41, 5.74) is 2.26. The predicted molar refractivity (Wildman–Crippen MR) is 197 cm³/mol. The molecular formula is C37H30N5NaO7S3-2. The molecule has 6 aromatic rings. The molecule has 0 aliphatic rings. The van der Waals surface area contributed by atoms with Gasteiger partial charge in [0, 0.05) is 38.0 Å². The van der Waals surface area contributed by atoms with Gasteiger partial charge in [0.25, 0.3) is 0 Å². The van der Waals surface area contributed by atoms with Gasteiger partial charge in [-0.2, -0.15) is 27.5 Å². The van der Waals surface area contributed by atoms with Crippen molar-refractivity contribution >= 4 is 76.5 Å². The number of fused-ring (bicyclic) bond motifs is 2. The Hall–Kier alpha value is -4.03. The second kappa shape index (κ2) is 17.4. The standard InChI is InChI=1S/C37H32N5O7S3.Na/c1-3-23(2)42-52(48,49)29-16-14-27(15-17-29)38-40-32-19-13-26-21-28(50(44)45)22-33(36(26)37(32)43)41-39-31-18-12-25(20-24-8-5-4-6-9-24)35-30(31)10-7-11-34(35)51(46)47;/h4-18,21-23,42-43H,3,20H2,1-2H3,(H,44,45)(H,46,47);/q-1;+1/p-2. The minimum Gasteiger partial charge on any atom is -0.768 e. The number of hydrogen-bond acceptors (Lipinski definition) is 11. The Morgan fingerprint density at radius 1 is 0.830 bits per heavy atom. The predicted octanol–water partition coefficient (Wildman–Crippen LogP) is 5.48. The summed E-state index contributed by atoms with van der Waals surface area (Å²) in [6.45, 7) is 3.64. The van der Waals surface area contributed by atoms with Gasteiger partial charge in [0.2, 0.25) is 10.0 Å². The van der Waals surface area contributed by atoms with Crippen LogP contribution in [0.4, 0.5) is 22.7 Å². The van der Waals surface area contributed by atoms with Crippen molar-refractivity contribution in [2.45, 2.75) is 47.4 Å². The molecule has 12 nitrogen and oxygen atoms in total. The van der Waals surface area contributed by atoms with Crippen molar-refractivity contribution < 1.29 is 60.6 Å². The number of phenolic OH excluding ortho intramolecular Hbond substituents is 1. The fourth-order valence-corrected chi connectivity index (χ4v) is 7.87. The number of aromatic hydroxyl groups is 1. The molecule has 6 aromatic carbocycles. The number of benzene rings is 6. The van der Waals surface area contributed by atoms with Gasteiger partial charge in [0.05, 0.1) is 22.0 Å². The first-order chi connectivity index (χ1) is 24.9. The maximum absolute atomic E-state index is 12.6. The quantitative estimate of drug-likeness (QED) is 0.0711. The summed E-state index contributed by atoms with van der Waals surface area (Å²) in [5.74, 6) is -0.400. The van der Waals surface area contributed by atoms with Crippen LogP contribution in [0.1, 0.15) is 31.4 Å². The van der Waals surface area contributed by atoms with Crippen LogP contribution in [0.2, 0.25) is 0 Å². The molecule has 0 aromatic heterocycles. The second-order valence-corrected chi connectivity index (χ2v) is 15.3. The third kappa shape index (κ3) is 9.20. The molecule has 0 aliphatic carbocycles. The summed E-state index contributed by atoms with van der Waals surface area (Å²) in [5, 5.41) is 29.7. The Morgan fingerprint density at radius 3 is 2.23 bits per heavy atom. The number of phenols is 1. The number of rotatable bonds is 12. The van der Waals surface area contributed by atoms with Crippen LogP contribution in [0, 0.1) is 6.07 Å². The minimum atomic E-state index is -3.72. The van der Waals surface area contributed by atoms with E-state index in [2.05, 4.69) is 31.2 Å². The minimum absolute atomic E-state index is 0. The Morgan fingerprint density at radius 2 is 1.55 bits per heavy atom. The van der Waals surface area contributed by atoms with Crippen molar-refractivity contribution in [3.63, 3.8) is 0 Å². The molecule has 16 heteroatoms. The van der Waals surface area contributed by atoms with E-state index < -0.39 is 37.9 Å². The Bertz CT molecular complexity index is 2520. The van der Waals surface area contributed by atoms with Crippen LogP contribution in [0.5, 0.6) is 5.75 Å². The fraction of sp³-hybridized carbons (Fsp3) is 0.135. The summed E-state index contributed by atoms with van der Waals surface area (Å²) in [6.07, 6.45) is 1.09. The van der Waals surface area contributed by atoms with Gasteiger partial charge in [0.15, 0.2) is 0 Å². The van der Waals surface area contributed by atoms with Crippen LogP contribution in [0.3, 0.4) is 0 Å². The van der Waals surface area contributed by atoms with Gasteiger partial charge in [0.1, 0.15) is 0 Å². The van der Waals surface area contributed by atoms with Crippen LogP contribution < -0.4 is 34.3 Å². The molecule has 0 amide bonds. The summed E-state index contributed by atoms with van der Waals surface area (Å²) in [6, 6.07) is 30.2. The maximum atomic E-state index is 12.6. The molecule has 3 unspecified atom stereocenters. The van der Waals surface area contributed by atoms with E-state index in [0.717, 1.165) is 11.1 Å². The van der Waals surface area contributed by atoms with Crippen LogP contribution in [0.25, 0.3) is 21.5 Å². The largest absolute Gasteiger partial charge is 1.00 e. The summed E-state index contributed by atoms with van der Waals surface area (Å²) in [4.78, 5) is 0.0371. The van der Waals surface area contributed by atoms with Crippen molar-refractivity contribution in [3.05, 3.63) is 120 Å². The van der Waals surface area contributed by atoms with Crippen LogP contribution in [-0.2, 0) is 38.6 Å². The molecule has 0 fully saturated rings. The Labute approximate surface area is 333 Å². The molecule has 0 spiro atoms. The Balaban J connectivity index is 0.00000541. The van der Waals surface area contributed by atoms with E-state index in [9.17, 15) is 31.0 Å². The zero-order valence-corrected chi connectivity index (χ0v) is 33.2. The van der Waals surface area contributed by atoms with E-state index in [-0.39, 0.29) is 72.4 Å². The van der Waals surface area contributed by atoms with Crippen LogP contribution in [0.15, 0.2) is 138 Å². The van der Waals surface area contributed by atoms with E-state index in [1.54, 1.807) is 31.2 Å². The molecule has 266 valence electrons. The first kappa shape index (κ1) is 40.2. The number of hydrogen-bond donors (Lipinski definition) is 2. The topological polar surface area (TPSA) is 196 Å². The van der Waals surface area contributed by atoms with Crippen LogP contribution >= 0.6 is 0 Å². The van der Waals surface area contributed by atoms with Gasteiger partial charge < -0.3 is 14.2 Å². The van der Waals surface area contributed by atoms with E-state index in [1.165, 1.54) is 48.5 Å². The van der Waals surface area contributed by atoms with Crippen molar-refractivity contribution in [1.29, 1.82) is 0 Å². The second-order valence-electron chi connectivity index (χ2n) is 11.8. The first-order valence-corrected chi connectivity index (χ1v) is 19.5. The molecule has 53 heavy (non-hydrogen) atoms. The van der Waals surface area contributed by atoms with Crippen molar-refractivity contribution in [2.24, 2.45) is 20.5 Å². The third-order valence-electron chi connectivity index (χ3n) is 8.27. The van der Waals surface area contributed by atoms with Crippen molar-refractivity contribution in [1.82, 2.24) is 4.72 Å². The van der Waals surface area contributed by atoms with Gasteiger partial charge >= 0.3 is 29.6 Å². The molecule has 0 bridgehead atoms. The average molecular weight is 776 g/mol. The number of sulfonamides is 1. The molecule has 6 rings (SSSR count). The molecular weight excluding hydrogens is 746 g/mol. The summed E-state index contributed by atoms with van der Waals surface area (Å²) < 4.78 is 76.4. The molecule has 0 heterocycles. The molecule has 0 saturated heterocycles. The summed E-state index contributed by atoms with van der Waals surface area (Å²) in [7, 11) is -3.72. The molecule has 3 atom stereocenters. The number of nitrogens with one attached hydrogen (secondary N) is 1. The van der Waals surface area contributed by atoms with E-state index in [0.29, 0.717) is 35.0 Å². The first-order valence-electron chi connectivity index (χ1n) is 15.9. The van der Waals surface area contributed by atoms with Gasteiger partial charge in [-0.15, -0.1) is 10.5 Å². The van der Waals surface area contributed by atoms with Gasteiger partial charge in [-0.3, -0.25) is 8.42 Å². The zero-order chi connectivity index (χ0) is 37.0. The molecule has 2 N–H and O–H groups in total. The molecule has 0 aliphatic heterocycles. The van der Waals surface area contributed by atoms with E-state index >= 15 is 0 Å². The van der Waals surface area contributed by atoms with Gasteiger partial charge in [-0.25, -0.2) is 13.1 Å². The maximum Gasteiger partial charge on any atom is 1.00 e. The number of nitrogens with zero attached hydrogens (tertiary/aromatic N) is 4. The molecule has 0 saturated carbocycles. The van der Waals surface area contributed by atoms with E-state index in [4.69, 9.17) is 0 Å². The monoisotopic (exact) mass is 775 g/mol. The third-order valence-corrected chi connectivity index (χ3v) is 11.2. The smallest absolute Gasteiger partial charge is 0.768 e. The zero-order valence-electron chi connectivity index (χ0n) is 28.7. The normalized spacial score (nSPS) is 13.7. The summed E-state index contributed by atoms with van der Waals surface area (Å²) >= 11 is -5.21. The average Bonchev–Trinajstić information content (AvgIpc) is 3.14.